The van der Waals surface area contributed by atoms with Crippen LogP contribution in [0.4, 0.5) is 0 Å². The number of pyridine rings is 1. The number of aryl methyl sites for hydroxylation is 1. The predicted octanol–water partition coefficient (Wildman–Crippen LogP) is 1.97. The van der Waals surface area contributed by atoms with Crippen molar-refractivity contribution in [2.45, 2.75) is 37.9 Å². The fourth-order valence-corrected chi connectivity index (χ4v) is 4.60. The molecule has 5 nitrogen and oxygen atoms in total. The number of aromatic nitrogens is 1. The molecule has 0 amide bonds. The zero-order valence-electron chi connectivity index (χ0n) is 12.4. The minimum Gasteiger partial charge on any atom is -0.477 e. The summed E-state index contributed by atoms with van der Waals surface area (Å²) in [6, 6.07) is 3.87. The zero-order chi connectivity index (χ0) is 14.9. The molecule has 0 atom stereocenters. The molecular weight excluding hydrogens is 288 g/mol. The minimum atomic E-state index is -3.01. The van der Waals surface area contributed by atoms with Crippen LogP contribution in [-0.2, 0) is 10.0 Å². The Hall–Kier alpha value is -1.14. The minimum absolute atomic E-state index is 0.0959. The molecule has 116 valence electrons. The number of rotatable bonds is 5. The van der Waals surface area contributed by atoms with Crippen molar-refractivity contribution in [1.82, 2.24) is 9.29 Å². The fourth-order valence-electron chi connectivity index (χ4n) is 2.73. The van der Waals surface area contributed by atoms with E-state index in [2.05, 4.69) is 4.98 Å². The molecule has 1 aliphatic carbocycles. The number of hydrogen-bond acceptors (Lipinski definition) is 4. The second-order valence-corrected chi connectivity index (χ2v) is 8.24. The summed E-state index contributed by atoms with van der Waals surface area (Å²) in [6.45, 7) is 3.87. The summed E-state index contributed by atoms with van der Waals surface area (Å²) in [4.78, 5) is 4.22. The van der Waals surface area contributed by atoms with Crippen molar-refractivity contribution in [1.29, 1.82) is 0 Å². The average Bonchev–Trinajstić information content (AvgIpc) is 3.32. The Balaban J connectivity index is 1.49. The predicted molar refractivity (Wildman–Crippen MR) is 80.7 cm³/mol. The highest BCUT2D eigenvalue weighted by Gasteiger charge is 2.41. The second-order valence-electron chi connectivity index (χ2n) is 6.02. The summed E-state index contributed by atoms with van der Waals surface area (Å²) in [5.41, 5.74) is 1.03. The molecule has 2 heterocycles. The smallest absolute Gasteiger partial charge is 0.216 e. The van der Waals surface area contributed by atoms with E-state index in [1.807, 2.05) is 19.1 Å². The molecule has 0 bridgehead atoms. The molecule has 21 heavy (non-hydrogen) atoms. The second kappa shape index (κ2) is 5.93. The Bertz CT molecular complexity index is 591. The lowest BCUT2D eigenvalue weighted by Gasteiger charge is -2.31. The van der Waals surface area contributed by atoms with Gasteiger partial charge < -0.3 is 4.74 Å². The Labute approximate surface area is 126 Å². The van der Waals surface area contributed by atoms with Crippen molar-refractivity contribution in [3.05, 3.63) is 23.9 Å². The van der Waals surface area contributed by atoms with E-state index < -0.39 is 10.0 Å². The Morgan fingerprint density at radius 1 is 1.29 bits per heavy atom. The Morgan fingerprint density at radius 2 is 2.00 bits per heavy atom. The van der Waals surface area contributed by atoms with Gasteiger partial charge in [0.1, 0.15) is 0 Å². The zero-order valence-corrected chi connectivity index (χ0v) is 13.2. The van der Waals surface area contributed by atoms with E-state index >= 15 is 0 Å². The molecule has 1 aromatic heterocycles. The molecule has 0 radical (unpaired) electrons. The van der Waals surface area contributed by atoms with Gasteiger partial charge in [0.15, 0.2) is 0 Å². The third-order valence-corrected chi connectivity index (χ3v) is 6.69. The van der Waals surface area contributed by atoms with Crippen LogP contribution in [-0.4, -0.2) is 42.7 Å². The first-order chi connectivity index (χ1) is 10.1. The van der Waals surface area contributed by atoms with Gasteiger partial charge in [0, 0.05) is 24.8 Å². The molecule has 0 aromatic carbocycles. The van der Waals surface area contributed by atoms with Gasteiger partial charge in [-0.1, -0.05) is 6.07 Å². The number of hydrogen-bond donors (Lipinski definition) is 0. The van der Waals surface area contributed by atoms with E-state index in [0.29, 0.717) is 31.5 Å². The third kappa shape index (κ3) is 3.37. The van der Waals surface area contributed by atoms with Crippen molar-refractivity contribution in [2.75, 3.05) is 19.7 Å². The van der Waals surface area contributed by atoms with Crippen LogP contribution in [0.25, 0.3) is 0 Å². The molecule has 0 spiro atoms. The molecule has 1 saturated carbocycles. The fraction of sp³-hybridized carbons (Fsp3) is 0.667. The van der Waals surface area contributed by atoms with Gasteiger partial charge in [-0.3, -0.25) is 0 Å². The maximum Gasteiger partial charge on any atom is 0.216 e. The van der Waals surface area contributed by atoms with Crippen molar-refractivity contribution in [2.24, 2.45) is 5.92 Å². The van der Waals surface area contributed by atoms with E-state index in [9.17, 15) is 8.42 Å². The van der Waals surface area contributed by atoms with Crippen LogP contribution in [0.3, 0.4) is 0 Å². The highest BCUT2D eigenvalue weighted by atomic mass is 32.2. The molecule has 3 rings (SSSR count). The summed E-state index contributed by atoms with van der Waals surface area (Å²) in [6.07, 6.45) is 5.15. The van der Waals surface area contributed by atoms with Crippen LogP contribution < -0.4 is 4.74 Å². The monoisotopic (exact) mass is 310 g/mol. The van der Waals surface area contributed by atoms with E-state index in [-0.39, 0.29) is 5.25 Å². The van der Waals surface area contributed by atoms with E-state index in [1.54, 1.807) is 10.5 Å². The van der Waals surface area contributed by atoms with Crippen LogP contribution in [0.1, 0.15) is 31.2 Å². The van der Waals surface area contributed by atoms with Crippen molar-refractivity contribution >= 4 is 10.0 Å². The molecule has 1 aromatic rings. The summed E-state index contributed by atoms with van der Waals surface area (Å²) in [5, 5.41) is -0.0959. The number of ether oxygens (including phenoxy) is 1. The number of nitrogens with zero attached hydrogens (tertiary/aromatic N) is 2. The normalized spacial score (nSPS) is 21.4. The standard InChI is InChI=1S/C15H22N2O3S/c1-12-3-2-8-16-15(12)20-11-13-6-9-17(10-7-13)21(18,19)14-4-5-14/h2-3,8,13-14H,4-7,9-11H2,1H3. The first-order valence-corrected chi connectivity index (χ1v) is 9.11. The van der Waals surface area contributed by atoms with Crippen molar-refractivity contribution < 1.29 is 13.2 Å². The molecule has 0 unspecified atom stereocenters. The maximum absolute atomic E-state index is 12.2. The van der Waals surface area contributed by atoms with Gasteiger partial charge in [0.05, 0.1) is 11.9 Å². The van der Waals surface area contributed by atoms with Gasteiger partial charge in [0.25, 0.3) is 0 Å². The Morgan fingerprint density at radius 3 is 2.62 bits per heavy atom. The van der Waals surface area contributed by atoms with Crippen LogP contribution in [0.15, 0.2) is 18.3 Å². The lowest BCUT2D eigenvalue weighted by Crippen LogP contribution is -2.41. The summed E-state index contributed by atoms with van der Waals surface area (Å²) < 4.78 is 31.8. The summed E-state index contributed by atoms with van der Waals surface area (Å²) >= 11 is 0. The first-order valence-electron chi connectivity index (χ1n) is 7.61. The lowest BCUT2D eigenvalue weighted by molar-refractivity contribution is 0.180. The Kier molecular flexibility index (Phi) is 4.17. The topological polar surface area (TPSA) is 59.5 Å². The molecule has 1 aliphatic heterocycles. The summed E-state index contributed by atoms with van der Waals surface area (Å²) in [5.74, 6) is 1.10. The van der Waals surface area contributed by atoms with Crippen molar-refractivity contribution in [3.8, 4) is 5.88 Å². The van der Waals surface area contributed by atoms with E-state index in [0.717, 1.165) is 31.2 Å². The van der Waals surface area contributed by atoms with Gasteiger partial charge >= 0.3 is 0 Å². The number of sulfonamides is 1. The summed E-state index contributed by atoms with van der Waals surface area (Å²) in [7, 11) is -3.01. The van der Waals surface area contributed by atoms with Gasteiger partial charge in [0.2, 0.25) is 15.9 Å². The average molecular weight is 310 g/mol. The molecule has 2 fully saturated rings. The molecular formula is C15H22N2O3S. The quantitative estimate of drug-likeness (QED) is 0.834. The SMILES string of the molecule is Cc1cccnc1OCC1CCN(S(=O)(=O)C2CC2)CC1. The van der Waals surface area contributed by atoms with Crippen LogP contribution in [0, 0.1) is 12.8 Å². The van der Waals surface area contributed by atoms with Crippen LogP contribution >= 0.6 is 0 Å². The number of piperidine rings is 1. The molecule has 1 saturated heterocycles. The van der Waals surface area contributed by atoms with Gasteiger partial charge in [-0.2, -0.15) is 0 Å². The first kappa shape index (κ1) is 14.8. The highest BCUT2D eigenvalue weighted by Crippen LogP contribution is 2.33. The van der Waals surface area contributed by atoms with E-state index in [4.69, 9.17) is 4.74 Å². The van der Waals surface area contributed by atoms with Crippen molar-refractivity contribution in [3.63, 3.8) is 0 Å². The molecule has 2 aliphatic rings. The van der Waals surface area contributed by atoms with E-state index in [1.165, 1.54) is 0 Å². The molecule has 0 N–H and O–H groups in total. The van der Waals surface area contributed by atoms with Gasteiger partial charge in [-0.05, 0) is 44.6 Å². The van der Waals surface area contributed by atoms with Gasteiger partial charge in [-0.15, -0.1) is 0 Å². The lowest BCUT2D eigenvalue weighted by atomic mass is 9.99. The highest BCUT2D eigenvalue weighted by molar-refractivity contribution is 7.90. The largest absolute Gasteiger partial charge is 0.477 e. The molecule has 6 heteroatoms. The third-order valence-electron chi connectivity index (χ3n) is 4.30. The van der Waals surface area contributed by atoms with Crippen LogP contribution in [0.2, 0.25) is 0 Å². The van der Waals surface area contributed by atoms with Crippen LogP contribution in [0.5, 0.6) is 5.88 Å². The maximum atomic E-state index is 12.2. The van der Waals surface area contributed by atoms with Gasteiger partial charge in [-0.25, -0.2) is 17.7 Å².